The molecule has 0 unspecified atom stereocenters. The van der Waals surface area contributed by atoms with Crippen LogP contribution in [0.1, 0.15) is 25.3 Å². The number of likely N-dealkylation sites (N-methyl/N-ethyl adjacent to an activating group) is 1. The Kier molecular flexibility index (Phi) is 4.25. The third-order valence-corrected chi connectivity index (χ3v) is 2.42. The first-order valence-electron chi connectivity index (χ1n) is 5.38. The number of rotatable bonds is 5. The Hall–Kier alpha value is -1.85. The van der Waals surface area contributed by atoms with Gasteiger partial charge in [-0.3, -0.25) is 14.3 Å². The molecule has 1 amide bonds. The molecule has 0 spiro atoms. The third kappa shape index (κ3) is 3.90. The lowest BCUT2D eigenvalue weighted by Gasteiger charge is -2.14. The molecule has 6 nitrogen and oxygen atoms in total. The highest BCUT2D eigenvalue weighted by molar-refractivity contribution is 5.80. The van der Waals surface area contributed by atoms with Crippen molar-refractivity contribution in [3.05, 3.63) is 18.0 Å². The van der Waals surface area contributed by atoms with Gasteiger partial charge in [-0.05, 0) is 11.5 Å². The van der Waals surface area contributed by atoms with Gasteiger partial charge in [0.25, 0.3) is 0 Å². The molecule has 1 aromatic heterocycles. The monoisotopic (exact) mass is 239 g/mol. The predicted molar refractivity (Wildman–Crippen MR) is 61.6 cm³/mol. The van der Waals surface area contributed by atoms with Gasteiger partial charge in [0.05, 0.1) is 6.20 Å². The number of hydrogen-bond acceptors (Lipinski definition) is 3. The van der Waals surface area contributed by atoms with E-state index >= 15 is 0 Å². The van der Waals surface area contributed by atoms with E-state index in [2.05, 4.69) is 5.10 Å². The van der Waals surface area contributed by atoms with Crippen LogP contribution < -0.4 is 0 Å². The van der Waals surface area contributed by atoms with Crippen molar-refractivity contribution in [3.8, 4) is 0 Å². The van der Waals surface area contributed by atoms with Gasteiger partial charge in [-0.25, -0.2) is 0 Å². The number of nitrogens with zero attached hydrogens (tertiary/aromatic N) is 3. The molecule has 0 aromatic carbocycles. The molecule has 0 radical (unpaired) electrons. The number of hydrogen-bond donors (Lipinski definition) is 1. The van der Waals surface area contributed by atoms with Gasteiger partial charge >= 0.3 is 5.97 Å². The molecule has 0 atom stereocenters. The zero-order valence-electron chi connectivity index (χ0n) is 10.3. The van der Waals surface area contributed by atoms with Crippen molar-refractivity contribution in [2.45, 2.75) is 26.3 Å². The van der Waals surface area contributed by atoms with Gasteiger partial charge < -0.3 is 10.0 Å². The molecule has 1 aromatic rings. The zero-order chi connectivity index (χ0) is 13.0. The lowest BCUT2D eigenvalue weighted by atomic mass is 10.1. The average molecular weight is 239 g/mol. The maximum Gasteiger partial charge on any atom is 0.323 e. The van der Waals surface area contributed by atoms with Crippen LogP contribution in [0.15, 0.2) is 12.4 Å². The number of aliphatic carboxylic acids is 1. The minimum Gasteiger partial charge on any atom is -0.480 e. The number of carbonyl (C=O) groups excluding carboxylic acids is 1. The molecule has 1 N–H and O–H groups in total. The molecule has 0 aliphatic rings. The molecule has 0 aliphatic carbocycles. The standard InChI is InChI=1S/C11H17N3O3/c1-8(2)9-4-12-14(5-9)6-10(15)13(3)7-11(16)17/h4-5,8H,6-7H2,1-3H3,(H,16,17). The highest BCUT2D eigenvalue weighted by Crippen LogP contribution is 2.12. The SMILES string of the molecule is CC(C)c1cnn(CC(=O)N(C)CC(=O)O)c1. The van der Waals surface area contributed by atoms with E-state index in [1.54, 1.807) is 12.4 Å². The van der Waals surface area contributed by atoms with Crippen LogP contribution in [0.25, 0.3) is 0 Å². The summed E-state index contributed by atoms with van der Waals surface area (Å²) in [5, 5.41) is 12.6. The number of carboxylic acids is 1. The van der Waals surface area contributed by atoms with Crippen molar-refractivity contribution in [1.29, 1.82) is 0 Å². The van der Waals surface area contributed by atoms with E-state index in [1.807, 2.05) is 13.8 Å². The minimum absolute atomic E-state index is 0.0660. The van der Waals surface area contributed by atoms with Crippen molar-refractivity contribution in [3.63, 3.8) is 0 Å². The molecule has 0 aliphatic heterocycles. The zero-order valence-corrected chi connectivity index (χ0v) is 10.3. The number of aromatic nitrogens is 2. The van der Waals surface area contributed by atoms with Gasteiger partial charge in [-0.2, -0.15) is 5.10 Å². The Morgan fingerprint density at radius 3 is 2.65 bits per heavy atom. The van der Waals surface area contributed by atoms with E-state index in [4.69, 9.17) is 5.11 Å². The van der Waals surface area contributed by atoms with Crippen LogP contribution in [0, 0.1) is 0 Å². The minimum atomic E-state index is -1.02. The Labute approximate surface area is 99.8 Å². The van der Waals surface area contributed by atoms with Crippen molar-refractivity contribution < 1.29 is 14.7 Å². The fraction of sp³-hybridized carbons (Fsp3) is 0.545. The Balaban J connectivity index is 2.58. The number of carbonyl (C=O) groups is 2. The highest BCUT2D eigenvalue weighted by atomic mass is 16.4. The molecule has 0 bridgehead atoms. The maximum absolute atomic E-state index is 11.6. The van der Waals surface area contributed by atoms with E-state index in [1.165, 1.54) is 16.6 Å². The first kappa shape index (κ1) is 13.2. The summed E-state index contributed by atoms with van der Waals surface area (Å²) in [6.45, 7) is 3.85. The molecule has 0 fully saturated rings. The highest BCUT2D eigenvalue weighted by Gasteiger charge is 2.13. The van der Waals surface area contributed by atoms with Crippen LogP contribution in [0.5, 0.6) is 0 Å². The molecule has 17 heavy (non-hydrogen) atoms. The molecular formula is C11H17N3O3. The Morgan fingerprint density at radius 2 is 2.18 bits per heavy atom. The second-order valence-electron chi connectivity index (χ2n) is 4.27. The van der Waals surface area contributed by atoms with Gasteiger partial charge in [-0.1, -0.05) is 13.8 Å². The van der Waals surface area contributed by atoms with Crippen LogP contribution >= 0.6 is 0 Å². The summed E-state index contributed by atoms with van der Waals surface area (Å²) in [7, 11) is 1.46. The smallest absolute Gasteiger partial charge is 0.323 e. The van der Waals surface area contributed by atoms with E-state index in [0.717, 1.165) is 5.56 Å². The summed E-state index contributed by atoms with van der Waals surface area (Å²) in [6.07, 6.45) is 3.52. The van der Waals surface area contributed by atoms with E-state index in [0.29, 0.717) is 5.92 Å². The molecule has 0 saturated carbocycles. The Morgan fingerprint density at radius 1 is 1.53 bits per heavy atom. The summed E-state index contributed by atoms with van der Waals surface area (Å²) in [5.41, 5.74) is 1.05. The van der Waals surface area contributed by atoms with E-state index in [-0.39, 0.29) is 19.0 Å². The Bertz CT molecular complexity index is 412. The topological polar surface area (TPSA) is 75.4 Å². The van der Waals surface area contributed by atoms with Gasteiger partial charge in [0.1, 0.15) is 13.1 Å². The van der Waals surface area contributed by atoms with Crippen molar-refractivity contribution >= 4 is 11.9 Å². The van der Waals surface area contributed by atoms with Gasteiger partial charge in [-0.15, -0.1) is 0 Å². The van der Waals surface area contributed by atoms with Crippen LogP contribution in [0.2, 0.25) is 0 Å². The van der Waals surface area contributed by atoms with Crippen LogP contribution in [-0.4, -0.2) is 45.3 Å². The quantitative estimate of drug-likeness (QED) is 0.814. The fourth-order valence-electron chi connectivity index (χ4n) is 1.31. The van der Waals surface area contributed by atoms with E-state index < -0.39 is 5.97 Å². The normalized spacial score (nSPS) is 10.6. The van der Waals surface area contributed by atoms with Crippen molar-refractivity contribution in [2.75, 3.05) is 13.6 Å². The van der Waals surface area contributed by atoms with Gasteiger partial charge in [0.2, 0.25) is 5.91 Å². The first-order chi connectivity index (χ1) is 7.90. The lowest BCUT2D eigenvalue weighted by Crippen LogP contribution is -2.34. The molecular weight excluding hydrogens is 222 g/mol. The molecule has 1 heterocycles. The molecule has 0 saturated heterocycles. The molecule has 94 valence electrons. The summed E-state index contributed by atoms with van der Waals surface area (Å²) in [6, 6.07) is 0. The fourth-order valence-corrected chi connectivity index (χ4v) is 1.31. The summed E-state index contributed by atoms with van der Waals surface area (Å²) in [4.78, 5) is 23.2. The van der Waals surface area contributed by atoms with Crippen molar-refractivity contribution in [2.24, 2.45) is 0 Å². The first-order valence-corrected chi connectivity index (χ1v) is 5.38. The second-order valence-corrected chi connectivity index (χ2v) is 4.27. The number of amides is 1. The van der Waals surface area contributed by atoms with Gasteiger partial charge in [0, 0.05) is 13.2 Å². The average Bonchev–Trinajstić information content (AvgIpc) is 2.65. The molecule has 6 heteroatoms. The van der Waals surface area contributed by atoms with Crippen LogP contribution in [0.4, 0.5) is 0 Å². The van der Waals surface area contributed by atoms with Crippen molar-refractivity contribution in [1.82, 2.24) is 14.7 Å². The lowest BCUT2D eigenvalue weighted by molar-refractivity contribution is -0.143. The third-order valence-electron chi connectivity index (χ3n) is 2.42. The summed E-state index contributed by atoms with van der Waals surface area (Å²) < 4.78 is 1.52. The molecule has 1 rings (SSSR count). The van der Waals surface area contributed by atoms with Crippen LogP contribution in [-0.2, 0) is 16.1 Å². The number of carboxylic acid groups (broad SMARTS) is 1. The largest absolute Gasteiger partial charge is 0.480 e. The van der Waals surface area contributed by atoms with Gasteiger partial charge in [0.15, 0.2) is 0 Å². The summed E-state index contributed by atoms with van der Waals surface area (Å²) in [5.74, 6) is -0.939. The van der Waals surface area contributed by atoms with Crippen LogP contribution in [0.3, 0.4) is 0 Å². The second kappa shape index (κ2) is 5.47. The summed E-state index contributed by atoms with van der Waals surface area (Å²) >= 11 is 0. The predicted octanol–water partition coefficient (Wildman–Crippen LogP) is 0.549. The maximum atomic E-state index is 11.6. The van der Waals surface area contributed by atoms with E-state index in [9.17, 15) is 9.59 Å².